The van der Waals surface area contributed by atoms with Gasteiger partial charge < -0.3 is 4.74 Å². The Kier molecular flexibility index (Phi) is 4.79. The number of halogens is 1. The first-order chi connectivity index (χ1) is 13.4. The van der Waals surface area contributed by atoms with Crippen molar-refractivity contribution in [2.24, 2.45) is 0 Å². The van der Waals surface area contributed by atoms with E-state index in [-0.39, 0.29) is 10.5 Å². The van der Waals surface area contributed by atoms with Gasteiger partial charge in [0.15, 0.2) is 5.65 Å². The van der Waals surface area contributed by atoms with Crippen LogP contribution in [0.5, 0.6) is 5.88 Å². The Labute approximate surface area is 175 Å². The number of pyridine rings is 1. The number of nitrogens with zero attached hydrogens (tertiary/aromatic N) is 4. The van der Waals surface area contributed by atoms with E-state index in [0.29, 0.717) is 20.7 Å². The maximum absolute atomic E-state index is 13.1. The van der Waals surface area contributed by atoms with Crippen molar-refractivity contribution in [1.82, 2.24) is 18.9 Å². The van der Waals surface area contributed by atoms with Crippen molar-refractivity contribution in [1.29, 1.82) is 0 Å². The average molecular weight is 506 g/mol. The van der Waals surface area contributed by atoms with Crippen LogP contribution in [-0.4, -0.2) is 34.5 Å². The number of aromatic nitrogens is 4. The highest BCUT2D eigenvalue weighted by Gasteiger charge is 2.22. The summed E-state index contributed by atoms with van der Waals surface area (Å²) in [5.74, 6) is 0.466. The normalized spacial score (nSPS) is 11.7. The first-order valence-electron chi connectivity index (χ1n) is 8.26. The number of ether oxygens (including phenoxy) is 1. The molecule has 0 saturated heterocycles. The quantitative estimate of drug-likeness (QED) is 0.393. The molecule has 3 heterocycles. The monoisotopic (exact) mass is 506 g/mol. The van der Waals surface area contributed by atoms with E-state index in [9.17, 15) is 8.42 Å². The maximum Gasteiger partial charge on any atom is 0.269 e. The number of hydrogen-bond acceptors (Lipinski definition) is 6. The summed E-state index contributed by atoms with van der Waals surface area (Å²) in [6, 6.07) is 10.3. The number of aryl methyl sites for hydroxylation is 1. The van der Waals surface area contributed by atoms with Crippen LogP contribution in [0, 0.1) is 10.5 Å². The van der Waals surface area contributed by atoms with Gasteiger partial charge in [-0.05, 0) is 47.7 Å². The van der Waals surface area contributed by atoms with Crippen LogP contribution in [0.2, 0.25) is 0 Å². The van der Waals surface area contributed by atoms with Crippen LogP contribution in [0.1, 0.15) is 5.56 Å². The van der Waals surface area contributed by atoms with Crippen molar-refractivity contribution in [3.63, 3.8) is 0 Å². The first-order valence-corrected chi connectivity index (χ1v) is 10.8. The first kappa shape index (κ1) is 18.8. The molecule has 0 amide bonds. The SMILES string of the molecule is COc1cc(-c2cnc3c(n2)c(I)cn3S(=O)(=O)c2ccc(C)cc2)ccn1. The van der Waals surface area contributed by atoms with Crippen molar-refractivity contribution in [2.75, 3.05) is 7.11 Å². The smallest absolute Gasteiger partial charge is 0.269 e. The minimum absolute atomic E-state index is 0.205. The molecule has 7 nitrogen and oxygen atoms in total. The van der Waals surface area contributed by atoms with Gasteiger partial charge in [0.05, 0.1) is 27.5 Å². The van der Waals surface area contributed by atoms with Crippen molar-refractivity contribution < 1.29 is 13.2 Å². The molecule has 0 fully saturated rings. The molecule has 0 aliphatic rings. The lowest BCUT2D eigenvalue weighted by atomic mass is 10.2. The summed E-state index contributed by atoms with van der Waals surface area (Å²) in [6.07, 6.45) is 4.71. The fourth-order valence-electron chi connectivity index (χ4n) is 2.76. The third-order valence-corrected chi connectivity index (χ3v) is 6.69. The van der Waals surface area contributed by atoms with E-state index in [2.05, 4.69) is 37.5 Å². The second-order valence-electron chi connectivity index (χ2n) is 6.11. The summed E-state index contributed by atoms with van der Waals surface area (Å²) in [4.78, 5) is 13.3. The van der Waals surface area contributed by atoms with E-state index in [0.717, 1.165) is 11.1 Å². The lowest BCUT2D eigenvalue weighted by Crippen LogP contribution is -2.12. The topological polar surface area (TPSA) is 87.0 Å². The number of hydrogen-bond donors (Lipinski definition) is 0. The molecule has 0 radical (unpaired) electrons. The number of methoxy groups -OCH3 is 1. The second kappa shape index (κ2) is 7.13. The molecule has 9 heteroatoms. The van der Waals surface area contributed by atoms with Gasteiger partial charge in [0.1, 0.15) is 5.52 Å². The lowest BCUT2D eigenvalue weighted by Gasteiger charge is -2.07. The van der Waals surface area contributed by atoms with Crippen LogP contribution in [0.25, 0.3) is 22.4 Å². The molecule has 0 unspecified atom stereocenters. The van der Waals surface area contributed by atoms with Gasteiger partial charge in [-0.1, -0.05) is 17.7 Å². The Balaban J connectivity index is 1.85. The molecule has 0 saturated carbocycles. The Bertz CT molecular complexity index is 1280. The van der Waals surface area contributed by atoms with E-state index in [1.54, 1.807) is 55.9 Å². The lowest BCUT2D eigenvalue weighted by molar-refractivity contribution is 0.398. The molecule has 4 rings (SSSR count). The fraction of sp³-hybridized carbons (Fsp3) is 0.105. The van der Waals surface area contributed by atoms with Crippen LogP contribution < -0.4 is 4.74 Å². The minimum atomic E-state index is -3.77. The van der Waals surface area contributed by atoms with Crippen LogP contribution in [0.15, 0.2) is 59.9 Å². The molecule has 0 aliphatic heterocycles. The van der Waals surface area contributed by atoms with Crippen molar-refractivity contribution in [2.45, 2.75) is 11.8 Å². The van der Waals surface area contributed by atoms with Gasteiger partial charge in [0.2, 0.25) is 5.88 Å². The number of fused-ring (bicyclic) bond motifs is 1. The molecule has 0 spiro atoms. The minimum Gasteiger partial charge on any atom is -0.481 e. The third-order valence-electron chi connectivity index (χ3n) is 4.24. The van der Waals surface area contributed by atoms with Crippen molar-refractivity contribution in [3.8, 4) is 17.1 Å². The van der Waals surface area contributed by atoms with Gasteiger partial charge in [-0.2, -0.15) is 0 Å². The largest absolute Gasteiger partial charge is 0.481 e. The standard InChI is InChI=1S/C19H15IN4O3S/c1-12-3-5-14(6-4-12)28(25,26)24-11-15(20)18-19(24)22-10-16(23-18)13-7-8-21-17(9-13)27-2/h3-11H,1-2H3. The molecule has 0 N–H and O–H groups in total. The molecule has 1 aromatic carbocycles. The van der Waals surface area contributed by atoms with Crippen molar-refractivity contribution in [3.05, 3.63) is 64.1 Å². The van der Waals surface area contributed by atoms with Crippen LogP contribution >= 0.6 is 22.6 Å². The summed E-state index contributed by atoms with van der Waals surface area (Å²) in [7, 11) is -2.23. The molecule has 0 aliphatic carbocycles. The highest BCUT2D eigenvalue weighted by atomic mass is 127. The highest BCUT2D eigenvalue weighted by molar-refractivity contribution is 14.1. The van der Waals surface area contributed by atoms with Gasteiger partial charge >= 0.3 is 0 Å². The molecule has 28 heavy (non-hydrogen) atoms. The van der Waals surface area contributed by atoms with E-state index in [4.69, 9.17) is 4.74 Å². The van der Waals surface area contributed by atoms with Gasteiger partial charge in [0, 0.05) is 24.0 Å². The average Bonchev–Trinajstić information content (AvgIpc) is 3.05. The Morgan fingerprint density at radius 3 is 2.57 bits per heavy atom. The van der Waals surface area contributed by atoms with Gasteiger partial charge in [-0.3, -0.25) is 0 Å². The molecule has 0 bridgehead atoms. The fourth-order valence-corrected chi connectivity index (χ4v) is 4.90. The van der Waals surface area contributed by atoms with E-state index in [1.165, 1.54) is 10.2 Å². The van der Waals surface area contributed by atoms with Crippen LogP contribution in [0.4, 0.5) is 0 Å². The zero-order valence-corrected chi connectivity index (χ0v) is 18.0. The predicted octanol–water partition coefficient (Wildman–Crippen LogP) is 3.65. The van der Waals surface area contributed by atoms with E-state index < -0.39 is 10.0 Å². The predicted molar refractivity (Wildman–Crippen MR) is 114 cm³/mol. The molecule has 4 aromatic rings. The highest BCUT2D eigenvalue weighted by Crippen LogP contribution is 2.27. The van der Waals surface area contributed by atoms with Gasteiger partial charge in [0.25, 0.3) is 10.0 Å². The number of benzene rings is 1. The molecular weight excluding hydrogens is 491 g/mol. The molecular formula is C19H15IN4O3S. The third kappa shape index (κ3) is 3.24. The van der Waals surface area contributed by atoms with Crippen LogP contribution in [0.3, 0.4) is 0 Å². The van der Waals surface area contributed by atoms with Gasteiger partial charge in [-0.25, -0.2) is 27.3 Å². The summed E-state index contributed by atoms with van der Waals surface area (Å²) in [5.41, 5.74) is 3.19. The summed E-state index contributed by atoms with van der Waals surface area (Å²) < 4.78 is 33.2. The molecule has 0 atom stereocenters. The van der Waals surface area contributed by atoms with E-state index >= 15 is 0 Å². The van der Waals surface area contributed by atoms with Gasteiger partial charge in [-0.15, -0.1) is 0 Å². The zero-order chi connectivity index (χ0) is 19.9. The maximum atomic E-state index is 13.1. The Hall–Kier alpha value is -2.53. The molecule has 3 aromatic heterocycles. The zero-order valence-electron chi connectivity index (χ0n) is 15.0. The number of rotatable bonds is 4. The van der Waals surface area contributed by atoms with Crippen molar-refractivity contribution >= 4 is 43.8 Å². The Morgan fingerprint density at radius 2 is 1.86 bits per heavy atom. The summed E-state index contributed by atoms with van der Waals surface area (Å²) in [6.45, 7) is 1.91. The second-order valence-corrected chi connectivity index (χ2v) is 9.08. The summed E-state index contributed by atoms with van der Waals surface area (Å²) >= 11 is 2.07. The summed E-state index contributed by atoms with van der Waals surface area (Å²) in [5, 5.41) is 0. The van der Waals surface area contributed by atoms with Crippen LogP contribution in [-0.2, 0) is 10.0 Å². The van der Waals surface area contributed by atoms with E-state index in [1.807, 2.05) is 6.92 Å². The molecule has 142 valence electrons. The Morgan fingerprint density at radius 1 is 1.11 bits per heavy atom.